The van der Waals surface area contributed by atoms with E-state index in [2.05, 4.69) is 17.1 Å². The highest BCUT2D eigenvalue weighted by atomic mass is 16.3. The van der Waals surface area contributed by atoms with Crippen molar-refractivity contribution in [1.82, 2.24) is 14.5 Å². The number of piperidine rings is 1. The van der Waals surface area contributed by atoms with Crippen molar-refractivity contribution in [1.29, 1.82) is 0 Å². The molecule has 0 saturated carbocycles. The first-order valence-electron chi connectivity index (χ1n) is 9.30. The zero-order chi connectivity index (χ0) is 19.0. The fourth-order valence-electron chi connectivity index (χ4n) is 3.97. The predicted octanol–water partition coefficient (Wildman–Crippen LogP) is 3.10. The van der Waals surface area contributed by atoms with Crippen LogP contribution in [0.25, 0.3) is 10.9 Å². The van der Waals surface area contributed by atoms with Crippen LogP contribution in [0, 0.1) is 6.92 Å². The van der Waals surface area contributed by atoms with Crippen LogP contribution in [0.5, 0.6) is 5.75 Å². The third-order valence-corrected chi connectivity index (χ3v) is 5.35. The number of aromatic nitrogens is 2. The molecule has 1 aliphatic rings. The van der Waals surface area contributed by atoms with Crippen LogP contribution in [0.4, 0.5) is 0 Å². The summed E-state index contributed by atoms with van der Waals surface area (Å²) in [5.74, 6) is -0.149. The van der Waals surface area contributed by atoms with Crippen molar-refractivity contribution in [3.05, 3.63) is 64.2 Å². The summed E-state index contributed by atoms with van der Waals surface area (Å²) in [6.45, 7) is 2.40. The molecule has 6 heteroatoms. The number of H-pyrrole nitrogens is 1. The number of hydrogen-bond acceptors (Lipinski definition) is 3. The number of nitrogens with zero attached hydrogens (tertiary/aromatic N) is 2. The molecule has 4 rings (SSSR count). The molecule has 0 aliphatic carbocycles. The molecule has 1 atom stereocenters. The lowest BCUT2D eigenvalue weighted by molar-refractivity contribution is -0.135. The number of carbonyl (C=O) groups is 1. The largest absolute Gasteiger partial charge is 0.508 e. The van der Waals surface area contributed by atoms with Crippen molar-refractivity contribution in [2.75, 3.05) is 6.54 Å². The number of nitrogens with one attached hydrogen (secondary N) is 1. The quantitative estimate of drug-likeness (QED) is 0.749. The Morgan fingerprint density at radius 3 is 2.81 bits per heavy atom. The van der Waals surface area contributed by atoms with Gasteiger partial charge in [-0.1, -0.05) is 18.2 Å². The summed E-state index contributed by atoms with van der Waals surface area (Å²) in [6.07, 6.45) is 2.94. The maximum absolute atomic E-state index is 13.0. The van der Waals surface area contributed by atoms with Crippen LogP contribution < -0.4 is 5.56 Å². The van der Waals surface area contributed by atoms with E-state index in [4.69, 9.17) is 0 Å². The van der Waals surface area contributed by atoms with Gasteiger partial charge in [0, 0.05) is 29.5 Å². The van der Waals surface area contributed by atoms with Gasteiger partial charge in [-0.2, -0.15) is 0 Å². The first kappa shape index (κ1) is 17.4. The van der Waals surface area contributed by atoms with Gasteiger partial charge in [0.2, 0.25) is 5.91 Å². The number of fused-ring (bicyclic) bond motifs is 1. The van der Waals surface area contributed by atoms with Gasteiger partial charge in [0.05, 0.1) is 6.04 Å². The Morgan fingerprint density at radius 2 is 2.04 bits per heavy atom. The third-order valence-electron chi connectivity index (χ3n) is 5.35. The van der Waals surface area contributed by atoms with Gasteiger partial charge in [-0.25, -0.2) is 0 Å². The van der Waals surface area contributed by atoms with E-state index in [0.29, 0.717) is 12.2 Å². The van der Waals surface area contributed by atoms with Crippen molar-refractivity contribution in [3.63, 3.8) is 0 Å². The van der Waals surface area contributed by atoms with Crippen molar-refractivity contribution >= 4 is 16.8 Å². The standard InChI is InChI=1S/C21H23N3O3/c1-14-10-16(25)12-20(26)24(14)13-21(27)23-9-5-4-8-19(23)18-11-15-6-2-3-7-17(15)22-18/h2-3,6-7,10-12,19,22,25H,4-5,8-9,13H2,1H3/t19-/m0/s1. The third kappa shape index (κ3) is 3.35. The molecule has 0 unspecified atom stereocenters. The summed E-state index contributed by atoms with van der Waals surface area (Å²) in [4.78, 5) is 30.6. The van der Waals surface area contributed by atoms with Gasteiger partial charge in [-0.3, -0.25) is 9.59 Å². The molecule has 0 spiro atoms. The van der Waals surface area contributed by atoms with Crippen molar-refractivity contribution < 1.29 is 9.90 Å². The van der Waals surface area contributed by atoms with Gasteiger partial charge in [0.15, 0.2) is 0 Å². The zero-order valence-corrected chi connectivity index (χ0v) is 15.3. The van der Waals surface area contributed by atoms with Gasteiger partial charge >= 0.3 is 0 Å². The van der Waals surface area contributed by atoms with Crippen LogP contribution in [0.3, 0.4) is 0 Å². The molecule has 1 amide bonds. The van der Waals surface area contributed by atoms with Gasteiger partial charge in [0.25, 0.3) is 5.56 Å². The van der Waals surface area contributed by atoms with E-state index in [0.717, 1.165) is 41.9 Å². The number of rotatable bonds is 3. The number of aromatic amines is 1. The molecule has 1 aliphatic heterocycles. The van der Waals surface area contributed by atoms with E-state index in [1.54, 1.807) is 6.92 Å². The monoisotopic (exact) mass is 365 g/mol. The van der Waals surface area contributed by atoms with E-state index in [-0.39, 0.29) is 29.8 Å². The minimum absolute atomic E-state index is 0.00762. The fraction of sp³-hybridized carbons (Fsp3) is 0.333. The smallest absolute Gasteiger partial charge is 0.254 e. The van der Waals surface area contributed by atoms with E-state index in [9.17, 15) is 14.7 Å². The molecule has 2 N–H and O–H groups in total. The summed E-state index contributed by atoms with van der Waals surface area (Å²) in [5, 5.41) is 10.7. The molecule has 1 fully saturated rings. The van der Waals surface area contributed by atoms with Crippen molar-refractivity contribution in [2.45, 2.75) is 38.8 Å². The Hall–Kier alpha value is -3.02. The molecule has 1 aromatic carbocycles. The van der Waals surface area contributed by atoms with E-state index >= 15 is 0 Å². The Morgan fingerprint density at radius 1 is 1.22 bits per heavy atom. The highest BCUT2D eigenvalue weighted by Crippen LogP contribution is 2.32. The average molecular weight is 365 g/mol. The number of aryl methyl sites for hydroxylation is 1. The maximum atomic E-state index is 13.0. The van der Waals surface area contributed by atoms with Crippen LogP contribution in [0.1, 0.15) is 36.7 Å². The number of amides is 1. The van der Waals surface area contributed by atoms with Crippen LogP contribution in [-0.2, 0) is 11.3 Å². The molecule has 0 radical (unpaired) electrons. The van der Waals surface area contributed by atoms with Gasteiger partial charge in [-0.05, 0) is 49.8 Å². The van der Waals surface area contributed by atoms with E-state index in [1.807, 2.05) is 23.1 Å². The topological polar surface area (TPSA) is 78.3 Å². The second-order valence-electron chi connectivity index (χ2n) is 7.19. The van der Waals surface area contributed by atoms with Gasteiger partial charge in [-0.15, -0.1) is 0 Å². The van der Waals surface area contributed by atoms with Crippen molar-refractivity contribution in [3.8, 4) is 5.75 Å². The summed E-state index contributed by atoms with van der Waals surface area (Å²) in [6, 6.07) is 12.8. The first-order chi connectivity index (χ1) is 13.0. The molecule has 140 valence electrons. The Labute approximate surface area is 157 Å². The zero-order valence-electron chi connectivity index (χ0n) is 15.3. The second kappa shape index (κ2) is 6.95. The predicted molar refractivity (Wildman–Crippen MR) is 104 cm³/mol. The highest BCUT2D eigenvalue weighted by molar-refractivity contribution is 5.81. The van der Waals surface area contributed by atoms with Gasteiger partial charge in [0.1, 0.15) is 12.3 Å². The van der Waals surface area contributed by atoms with Crippen LogP contribution in [0.2, 0.25) is 0 Å². The number of aromatic hydroxyl groups is 1. The first-order valence-corrected chi connectivity index (χ1v) is 9.30. The lowest BCUT2D eigenvalue weighted by atomic mass is 9.99. The molecule has 1 saturated heterocycles. The molecular weight excluding hydrogens is 342 g/mol. The summed E-state index contributed by atoms with van der Waals surface area (Å²) in [5.41, 5.74) is 2.32. The van der Waals surface area contributed by atoms with Crippen molar-refractivity contribution in [2.24, 2.45) is 0 Å². The SMILES string of the molecule is Cc1cc(O)cc(=O)n1CC(=O)N1CCCC[C@H]1c1cc2ccccc2[nH]1. The molecule has 27 heavy (non-hydrogen) atoms. The van der Waals surface area contributed by atoms with E-state index in [1.165, 1.54) is 10.6 Å². The minimum Gasteiger partial charge on any atom is -0.508 e. The van der Waals surface area contributed by atoms with Crippen LogP contribution in [-0.4, -0.2) is 32.0 Å². The number of likely N-dealkylation sites (tertiary alicyclic amines) is 1. The number of carbonyl (C=O) groups excluding carboxylic acids is 1. The molecule has 6 nitrogen and oxygen atoms in total. The number of hydrogen-bond donors (Lipinski definition) is 2. The molecule has 2 aromatic heterocycles. The maximum Gasteiger partial charge on any atom is 0.254 e. The highest BCUT2D eigenvalue weighted by Gasteiger charge is 2.29. The second-order valence-corrected chi connectivity index (χ2v) is 7.19. The Kier molecular flexibility index (Phi) is 4.48. The number of para-hydroxylation sites is 1. The number of pyridine rings is 1. The van der Waals surface area contributed by atoms with Crippen LogP contribution in [0.15, 0.2) is 47.3 Å². The van der Waals surface area contributed by atoms with Crippen LogP contribution >= 0.6 is 0 Å². The Balaban J connectivity index is 1.62. The van der Waals surface area contributed by atoms with E-state index < -0.39 is 0 Å². The summed E-state index contributed by atoms with van der Waals surface area (Å²) >= 11 is 0. The Bertz CT molecular complexity index is 1020. The lowest BCUT2D eigenvalue weighted by Gasteiger charge is -2.35. The summed E-state index contributed by atoms with van der Waals surface area (Å²) < 4.78 is 1.42. The molecule has 3 heterocycles. The summed E-state index contributed by atoms with van der Waals surface area (Å²) in [7, 11) is 0. The lowest BCUT2D eigenvalue weighted by Crippen LogP contribution is -2.42. The molecule has 3 aromatic rings. The number of benzene rings is 1. The molecular formula is C21H23N3O3. The van der Waals surface area contributed by atoms with Gasteiger partial charge < -0.3 is 19.6 Å². The average Bonchev–Trinajstić information content (AvgIpc) is 3.08. The normalized spacial score (nSPS) is 17.4. The fourth-order valence-corrected chi connectivity index (χ4v) is 3.97. The minimum atomic E-state index is -0.361. The molecule has 0 bridgehead atoms.